The average Bonchev–Trinajstić information content (AvgIpc) is 2.77. The van der Waals surface area contributed by atoms with Crippen LogP contribution < -0.4 is 5.32 Å². The van der Waals surface area contributed by atoms with Gasteiger partial charge in [0, 0.05) is 3.57 Å². The van der Waals surface area contributed by atoms with E-state index in [2.05, 4.69) is 5.32 Å². The van der Waals surface area contributed by atoms with E-state index in [0.717, 1.165) is 3.57 Å². The van der Waals surface area contributed by atoms with Crippen LogP contribution >= 0.6 is 34.2 Å². The van der Waals surface area contributed by atoms with Crippen molar-refractivity contribution in [3.8, 4) is 0 Å². The van der Waals surface area contributed by atoms with Crippen molar-refractivity contribution in [2.75, 3.05) is 5.32 Å². The van der Waals surface area contributed by atoms with Gasteiger partial charge >= 0.3 is 5.97 Å². The number of carbonyl (C=O) groups excluding carboxylic acids is 1. The molecule has 0 aliphatic carbocycles. The maximum absolute atomic E-state index is 11.9. The number of hydrogen-bond acceptors (Lipinski definition) is 3. The van der Waals surface area contributed by atoms with Crippen LogP contribution in [0.2, 0.25) is 5.22 Å². The lowest BCUT2D eigenvalue weighted by molar-refractivity contribution is 0.0698. The third-order valence-corrected chi connectivity index (χ3v) is 3.29. The zero-order chi connectivity index (χ0) is 14.0. The first-order valence-corrected chi connectivity index (χ1v) is 6.52. The Morgan fingerprint density at radius 2 is 2.00 bits per heavy atom. The summed E-state index contributed by atoms with van der Waals surface area (Å²) in [6.07, 6.45) is 1.28. The van der Waals surface area contributed by atoms with Crippen molar-refractivity contribution >= 4 is 51.8 Å². The summed E-state index contributed by atoms with van der Waals surface area (Å²) in [5.74, 6) is -1.64. The molecule has 1 amide bonds. The van der Waals surface area contributed by atoms with Gasteiger partial charge in [0.05, 0.1) is 23.1 Å². The minimum Gasteiger partial charge on any atom is -0.478 e. The number of carboxylic acid groups (broad SMARTS) is 1. The molecule has 1 aromatic heterocycles. The molecule has 1 aromatic carbocycles. The van der Waals surface area contributed by atoms with Crippen LogP contribution in [0.3, 0.4) is 0 Å². The molecule has 0 radical (unpaired) electrons. The molecule has 0 spiro atoms. The van der Waals surface area contributed by atoms with Crippen LogP contribution in [0.25, 0.3) is 0 Å². The van der Waals surface area contributed by atoms with E-state index in [9.17, 15) is 9.59 Å². The summed E-state index contributed by atoms with van der Waals surface area (Å²) in [4.78, 5) is 23.0. The zero-order valence-corrected chi connectivity index (χ0v) is 12.2. The first kappa shape index (κ1) is 13.9. The lowest BCUT2D eigenvalue weighted by Crippen LogP contribution is -2.14. The van der Waals surface area contributed by atoms with Gasteiger partial charge in [-0.05, 0) is 58.5 Å². The number of carbonyl (C=O) groups is 2. The monoisotopic (exact) mass is 391 g/mol. The summed E-state index contributed by atoms with van der Waals surface area (Å²) < 4.78 is 5.57. The number of aromatic carboxylic acids is 1. The smallest absolute Gasteiger partial charge is 0.337 e. The average molecular weight is 392 g/mol. The van der Waals surface area contributed by atoms with E-state index in [0.29, 0.717) is 0 Å². The quantitative estimate of drug-likeness (QED) is 0.785. The van der Waals surface area contributed by atoms with Crippen molar-refractivity contribution in [3.05, 3.63) is 50.4 Å². The molecule has 0 unspecified atom stereocenters. The van der Waals surface area contributed by atoms with E-state index in [1.165, 1.54) is 24.5 Å². The molecule has 2 aromatic rings. The van der Waals surface area contributed by atoms with Crippen molar-refractivity contribution in [2.45, 2.75) is 0 Å². The lowest BCUT2D eigenvalue weighted by Gasteiger charge is -2.08. The predicted octanol–water partition coefficient (Wildman–Crippen LogP) is 3.49. The first-order valence-electron chi connectivity index (χ1n) is 5.06. The molecule has 19 heavy (non-hydrogen) atoms. The van der Waals surface area contributed by atoms with E-state index in [-0.39, 0.29) is 22.0 Å². The number of nitrogens with one attached hydrogen (secondary N) is 1. The zero-order valence-electron chi connectivity index (χ0n) is 9.31. The van der Waals surface area contributed by atoms with E-state index < -0.39 is 11.9 Å². The molecule has 0 aliphatic heterocycles. The third kappa shape index (κ3) is 3.07. The minimum absolute atomic E-state index is 0.0138. The third-order valence-electron chi connectivity index (χ3n) is 2.32. The maximum Gasteiger partial charge on any atom is 0.337 e. The number of benzene rings is 1. The highest BCUT2D eigenvalue weighted by Gasteiger charge is 2.17. The summed E-state index contributed by atoms with van der Waals surface area (Å²) in [7, 11) is 0. The Labute approximate surface area is 126 Å². The van der Waals surface area contributed by atoms with Gasteiger partial charge in [-0.2, -0.15) is 0 Å². The second-order valence-electron chi connectivity index (χ2n) is 3.56. The molecule has 2 rings (SSSR count). The number of halogens is 2. The number of carboxylic acids is 1. The maximum atomic E-state index is 11.9. The predicted molar refractivity (Wildman–Crippen MR) is 77.8 cm³/mol. The largest absolute Gasteiger partial charge is 0.478 e. The molecule has 0 aliphatic rings. The summed E-state index contributed by atoms with van der Waals surface area (Å²) in [6.45, 7) is 0. The van der Waals surface area contributed by atoms with Crippen LogP contribution in [-0.4, -0.2) is 17.0 Å². The number of amides is 1. The fourth-order valence-corrected chi connectivity index (χ4v) is 2.14. The van der Waals surface area contributed by atoms with Crippen molar-refractivity contribution in [3.63, 3.8) is 0 Å². The van der Waals surface area contributed by atoms with Crippen molar-refractivity contribution in [1.29, 1.82) is 0 Å². The van der Waals surface area contributed by atoms with Crippen molar-refractivity contribution in [2.24, 2.45) is 0 Å². The van der Waals surface area contributed by atoms with Crippen LogP contribution in [0.5, 0.6) is 0 Å². The number of rotatable bonds is 3. The van der Waals surface area contributed by atoms with E-state index in [1.807, 2.05) is 22.6 Å². The topological polar surface area (TPSA) is 79.5 Å². The summed E-state index contributed by atoms with van der Waals surface area (Å²) in [5.41, 5.74) is 0.367. The van der Waals surface area contributed by atoms with Crippen molar-refractivity contribution < 1.29 is 19.1 Å². The van der Waals surface area contributed by atoms with E-state index in [1.54, 1.807) is 6.07 Å². The van der Waals surface area contributed by atoms with Crippen LogP contribution in [0.4, 0.5) is 5.69 Å². The summed E-state index contributed by atoms with van der Waals surface area (Å²) in [5, 5.41) is 11.5. The Morgan fingerprint density at radius 1 is 1.26 bits per heavy atom. The summed E-state index contributed by atoms with van der Waals surface area (Å²) >= 11 is 7.68. The standard InChI is InChI=1S/C12H7ClINO4/c13-10-7(3-4-19-10)11(16)15-9-2-1-6(14)5-8(9)12(17)18/h1-5H,(H,15,16)(H,17,18). The Bertz CT molecular complexity index is 653. The molecule has 0 saturated carbocycles. The molecular formula is C12H7ClINO4. The fourth-order valence-electron chi connectivity index (χ4n) is 1.45. The number of anilines is 1. The van der Waals surface area contributed by atoms with Crippen LogP contribution in [0, 0.1) is 3.57 Å². The SMILES string of the molecule is O=C(O)c1cc(I)ccc1NC(=O)c1ccoc1Cl. The lowest BCUT2D eigenvalue weighted by atomic mass is 10.1. The number of furan rings is 1. The molecule has 0 bridgehead atoms. The Balaban J connectivity index is 2.32. The highest BCUT2D eigenvalue weighted by Crippen LogP contribution is 2.22. The van der Waals surface area contributed by atoms with Gasteiger partial charge in [0.1, 0.15) is 0 Å². The van der Waals surface area contributed by atoms with Crippen molar-refractivity contribution in [1.82, 2.24) is 0 Å². The number of hydrogen-bond donors (Lipinski definition) is 2. The highest BCUT2D eigenvalue weighted by atomic mass is 127. The highest BCUT2D eigenvalue weighted by molar-refractivity contribution is 14.1. The second-order valence-corrected chi connectivity index (χ2v) is 5.15. The summed E-state index contributed by atoms with van der Waals surface area (Å²) in [6, 6.07) is 6.09. The minimum atomic E-state index is -1.12. The van der Waals surface area contributed by atoms with Crippen LogP contribution in [0.1, 0.15) is 20.7 Å². The Morgan fingerprint density at radius 3 is 2.58 bits per heavy atom. The molecule has 5 nitrogen and oxygen atoms in total. The van der Waals surface area contributed by atoms with Gasteiger partial charge in [0.15, 0.2) is 0 Å². The molecule has 0 saturated heterocycles. The molecule has 7 heteroatoms. The van der Waals surface area contributed by atoms with Gasteiger partial charge in [0.25, 0.3) is 5.91 Å². The molecule has 2 N–H and O–H groups in total. The van der Waals surface area contributed by atoms with Gasteiger partial charge in [-0.15, -0.1) is 0 Å². The van der Waals surface area contributed by atoms with E-state index >= 15 is 0 Å². The van der Waals surface area contributed by atoms with Gasteiger partial charge in [-0.1, -0.05) is 0 Å². The molecule has 98 valence electrons. The molecular weight excluding hydrogens is 384 g/mol. The molecule has 1 heterocycles. The second kappa shape index (κ2) is 5.62. The Hall–Kier alpha value is -1.54. The normalized spacial score (nSPS) is 10.2. The molecule has 0 fully saturated rings. The van der Waals surface area contributed by atoms with Gasteiger partial charge in [0.2, 0.25) is 5.22 Å². The van der Waals surface area contributed by atoms with Gasteiger partial charge < -0.3 is 14.8 Å². The van der Waals surface area contributed by atoms with Crippen LogP contribution in [0.15, 0.2) is 34.9 Å². The fraction of sp³-hybridized carbons (Fsp3) is 0. The molecule has 0 atom stereocenters. The van der Waals surface area contributed by atoms with Gasteiger partial charge in [-0.25, -0.2) is 4.79 Å². The van der Waals surface area contributed by atoms with E-state index in [4.69, 9.17) is 21.1 Å². The van der Waals surface area contributed by atoms with Gasteiger partial charge in [-0.3, -0.25) is 4.79 Å². The first-order chi connectivity index (χ1) is 8.99. The van der Waals surface area contributed by atoms with Crippen LogP contribution in [-0.2, 0) is 0 Å². The Kier molecular flexibility index (Phi) is 4.11.